The van der Waals surface area contributed by atoms with Crippen LogP contribution in [0.4, 0.5) is 0 Å². The maximum absolute atomic E-state index is 11.9. The van der Waals surface area contributed by atoms with Crippen molar-refractivity contribution in [3.8, 4) is 0 Å². The van der Waals surface area contributed by atoms with Gasteiger partial charge < -0.3 is 9.47 Å². The number of rotatable bonds is 36. The lowest BCUT2D eigenvalue weighted by Gasteiger charge is -2.06. The predicted molar refractivity (Wildman–Crippen MR) is 198 cm³/mol. The average Bonchev–Trinajstić information content (AvgIpc) is 3.04. The maximum Gasteiger partial charge on any atom is 0.305 e. The molecule has 0 aromatic heterocycles. The number of carbonyl (C=O) groups excluding carboxylic acids is 2. The van der Waals surface area contributed by atoms with Crippen molar-refractivity contribution in [1.29, 1.82) is 0 Å². The average molecular weight is 651 g/mol. The van der Waals surface area contributed by atoms with E-state index in [0.29, 0.717) is 26.1 Å². The van der Waals surface area contributed by atoms with Crippen molar-refractivity contribution in [1.82, 2.24) is 0 Å². The number of allylic oxidation sites excluding steroid dienone is 4. The van der Waals surface area contributed by atoms with Crippen LogP contribution in [0.25, 0.3) is 0 Å². The van der Waals surface area contributed by atoms with Crippen LogP contribution in [0.1, 0.15) is 194 Å². The first-order chi connectivity index (χ1) is 22.2. The number of esters is 2. The van der Waals surface area contributed by atoms with Gasteiger partial charge in [0.25, 0.3) is 0 Å². The minimum absolute atomic E-state index is 0.0837. The summed E-state index contributed by atoms with van der Waals surface area (Å²) in [6.07, 6.45) is 43.2. The Morgan fingerprint density at radius 3 is 1.04 bits per heavy atom. The van der Waals surface area contributed by atoms with Crippen molar-refractivity contribution in [2.24, 2.45) is 0 Å². The van der Waals surface area contributed by atoms with E-state index in [1.807, 2.05) is 0 Å². The topological polar surface area (TPSA) is 52.6 Å². The molecule has 0 spiro atoms. The zero-order chi connectivity index (χ0) is 32.7. The molecular formula is C40H74O4S. The molecule has 0 aliphatic heterocycles. The van der Waals surface area contributed by atoms with Gasteiger partial charge in [0.2, 0.25) is 0 Å². The molecule has 0 aliphatic carbocycles. The van der Waals surface area contributed by atoms with E-state index in [2.05, 4.69) is 38.2 Å². The number of carbonyl (C=O) groups is 2. The minimum atomic E-state index is -0.0837. The van der Waals surface area contributed by atoms with Gasteiger partial charge in [-0.2, -0.15) is 11.8 Å². The van der Waals surface area contributed by atoms with Gasteiger partial charge in [0.05, 0.1) is 0 Å². The van der Waals surface area contributed by atoms with Crippen LogP contribution in [-0.4, -0.2) is 36.7 Å². The van der Waals surface area contributed by atoms with Crippen molar-refractivity contribution < 1.29 is 19.1 Å². The Morgan fingerprint density at radius 1 is 0.422 bits per heavy atom. The molecule has 45 heavy (non-hydrogen) atoms. The molecule has 0 bridgehead atoms. The minimum Gasteiger partial charge on any atom is -0.465 e. The van der Waals surface area contributed by atoms with Gasteiger partial charge in [-0.15, -0.1) is 0 Å². The number of unbranched alkanes of at least 4 members (excludes halogenated alkanes) is 22. The molecule has 0 saturated carbocycles. The second-order valence-corrected chi connectivity index (χ2v) is 13.9. The predicted octanol–water partition coefficient (Wildman–Crippen LogP) is 12.9. The summed E-state index contributed by atoms with van der Waals surface area (Å²) in [6.45, 7) is 5.42. The Bertz CT molecular complexity index is 619. The molecule has 0 amide bonds. The summed E-state index contributed by atoms with van der Waals surface area (Å²) in [6, 6.07) is 0. The highest BCUT2D eigenvalue weighted by Crippen LogP contribution is 2.12. The largest absolute Gasteiger partial charge is 0.465 e. The molecule has 0 aromatic carbocycles. The number of hydrogen-bond donors (Lipinski definition) is 0. The molecule has 264 valence electrons. The fourth-order valence-electron chi connectivity index (χ4n) is 5.36. The summed E-state index contributed by atoms with van der Waals surface area (Å²) in [4.78, 5) is 23.8. The third-order valence-corrected chi connectivity index (χ3v) is 9.18. The number of thioether (sulfide) groups is 1. The Labute approximate surface area is 284 Å². The van der Waals surface area contributed by atoms with Gasteiger partial charge in [-0.1, -0.05) is 141 Å². The van der Waals surface area contributed by atoms with Crippen LogP contribution in [0.3, 0.4) is 0 Å². The second-order valence-electron chi connectivity index (χ2n) is 12.7. The van der Waals surface area contributed by atoms with Crippen molar-refractivity contribution >= 4 is 23.7 Å². The smallest absolute Gasteiger partial charge is 0.305 e. The van der Waals surface area contributed by atoms with Crippen LogP contribution in [0.5, 0.6) is 0 Å². The van der Waals surface area contributed by atoms with Gasteiger partial charge in [-0.3, -0.25) is 9.59 Å². The first-order valence-electron chi connectivity index (χ1n) is 19.4. The summed E-state index contributed by atoms with van der Waals surface area (Å²) >= 11 is 1.67. The van der Waals surface area contributed by atoms with Crippen LogP contribution in [-0.2, 0) is 19.1 Å². The van der Waals surface area contributed by atoms with E-state index in [-0.39, 0.29) is 11.9 Å². The highest BCUT2D eigenvalue weighted by Gasteiger charge is 2.04. The van der Waals surface area contributed by atoms with E-state index in [0.717, 1.165) is 37.2 Å². The SMILES string of the molecule is CCCCCCCC/C=C/CCCCCCCC(=O)OCCSCCOC(=O)CCCCCCC/C=C/CCCCCCCC. The van der Waals surface area contributed by atoms with Gasteiger partial charge in [-0.25, -0.2) is 0 Å². The first kappa shape index (κ1) is 43.8. The number of hydrogen-bond acceptors (Lipinski definition) is 5. The lowest BCUT2D eigenvalue weighted by molar-refractivity contribution is -0.143. The summed E-state index contributed by atoms with van der Waals surface area (Å²) in [7, 11) is 0. The third kappa shape index (κ3) is 38.9. The van der Waals surface area contributed by atoms with Crippen LogP contribution in [0.15, 0.2) is 24.3 Å². The molecule has 0 heterocycles. The van der Waals surface area contributed by atoms with E-state index < -0.39 is 0 Å². The molecular weight excluding hydrogens is 577 g/mol. The second kappa shape index (κ2) is 39.0. The van der Waals surface area contributed by atoms with Gasteiger partial charge >= 0.3 is 11.9 Å². The van der Waals surface area contributed by atoms with Gasteiger partial charge in [0.1, 0.15) is 13.2 Å². The molecule has 0 saturated heterocycles. The van der Waals surface area contributed by atoms with Crippen molar-refractivity contribution in [2.75, 3.05) is 24.7 Å². The van der Waals surface area contributed by atoms with Crippen molar-refractivity contribution in [3.05, 3.63) is 24.3 Å². The normalized spacial score (nSPS) is 11.6. The van der Waals surface area contributed by atoms with E-state index in [1.54, 1.807) is 11.8 Å². The monoisotopic (exact) mass is 651 g/mol. The van der Waals surface area contributed by atoms with Gasteiger partial charge in [-0.05, 0) is 64.2 Å². The Kier molecular flexibility index (Phi) is 37.9. The Balaban J connectivity index is 3.31. The fourth-order valence-corrected chi connectivity index (χ4v) is 5.96. The molecule has 0 unspecified atom stereocenters. The van der Waals surface area contributed by atoms with Crippen LogP contribution < -0.4 is 0 Å². The summed E-state index contributed by atoms with van der Waals surface area (Å²) < 4.78 is 10.7. The van der Waals surface area contributed by atoms with E-state index in [4.69, 9.17) is 9.47 Å². The van der Waals surface area contributed by atoms with Gasteiger partial charge in [0.15, 0.2) is 0 Å². The lowest BCUT2D eigenvalue weighted by Crippen LogP contribution is -2.09. The van der Waals surface area contributed by atoms with E-state index >= 15 is 0 Å². The third-order valence-electron chi connectivity index (χ3n) is 8.27. The summed E-state index contributed by atoms with van der Waals surface area (Å²) in [5.41, 5.74) is 0. The van der Waals surface area contributed by atoms with Crippen LogP contribution >= 0.6 is 11.8 Å². The van der Waals surface area contributed by atoms with E-state index in [1.165, 1.54) is 141 Å². The highest BCUT2D eigenvalue weighted by atomic mass is 32.2. The quantitative estimate of drug-likeness (QED) is 0.0384. The molecule has 0 N–H and O–H groups in total. The summed E-state index contributed by atoms with van der Waals surface area (Å²) in [5, 5.41) is 0. The first-order valence-corrected chi connectivity index (χ1v) is 20.5. The van der Waals surface area contributed by atoms with Crippen molar-refractivity contribution in [2.45, 2.75) is 194 Å². The lowest BCUT2D eigenvalue weighted by atomic mass is 10.1. The summed E-state index contributed by atoms with van der Waals surface area (Å²) in [5.74, 6) is 1.34. The number of ether oxygens (including phenoxy) is 2. The molecule has 0 atom stereocenters. The van der Waals surface area contributed by atoms with Crippen molar-refractivity contribution in [3.63, 3.8) is 0 Å². The molecule has 0 radical (unpaired) electrons. The zero-order valence-corrected chi connectivity index (χ0v) is 30.8. The fraction of sp³-hybridized carbons (Fsp3) is 0.850. The van der Waals surface area contributed by atoms with Crippen LogP contribution in [0, 0.1) is 0 Å². The molecule has 4 nitrogen and oxygen atoms in total. The molecule has 0 fully saturated rings. The molecule has 0 aliphatic rings. The van der Waals surface area contributed by atoms with Gasteiger partial charge in [0, 0.05) is 24.3 Å². The zero-order valence-electron chi connectivity index (χ0n) is 30.0. The highest BCUT2D eigenvalue weighted by molar-refractivity contribution is 7.99. The maximum atomic E-state index is 11.9. The molecule has 0 rings (SSSR count). The molecule has 0 aromatic rings. The standard InChI is InChI=1S/C40H74O4S/c1-3-5-7-9-11-13-15-17-19-21-23-25-27-29-31-33-39(41)43-35-37-45-38-36-44-40(42)34-32-30-28-26-24-22-20-18-16-14-12-10-8-6-4-2/h17-20H,3-16,21-38H2,1-2H3/b19-17+,20-18+. The van der Waals surface area contributed by atoms with Crippen LogP contribution in [0.2, 0.25) is 0 Å². The Hall–Kier alpha value is -1.23. The van der Waals surface area contributed by atoms with E-state index in [9.17, 15) is 9.59 Å². The Morgan fingerprint density at radius 2 is 0.711 bits per heavy atom. The molecule has 5 heteroatoms.